The van der Waals surface area contributed by atoms with Crippen molar-refractivity contribution in [3.8, 4) is 28.0 Å². The lowest BCUT2D eigenvalue weighted by molar-refractivity contribution is 0.132. The summed E-state index contributed by atoms with van der Waals surface area (Å²) < 4.78 is 6.57. The second-order valence-corrected chi connectivity index (χ2v) is 9.08. The van der Waals surface area contributed by atoms with Gasteiger partial charge < -0.3 is 4.74 Å². The van der Waals surface area contributed by atoms with Crippen LogP contribution in [0.3, 0.4) is 0 Å². The van der Waals surface area contributed by atoms with Gasteiger partial charge in [-0.1, -0.05) is 81.4 Å². The highest BCUT2D eigenvalue weighted by molar-refractivity contribution is 5.83. The Labute approximate surface area is 170 Å². The molecule has 0 fully saturated rings. The molecule has 1 nitrogen and oxygen atoms in total. The van der Waals surface area contributed by atoms with E-state index in [1.54, 1.807) is 0 Å². The second kappa shape index (κ2) is 7.83. The average molecular weight is 373 g/mol. The first-order chi connectivity index (χ1) is 13.2. The summed E-state index contributed by atoms with van der Waals surface area (Å²) in [6, 6.07) is 25.8. The van der Waals surface area contributed by atoms with Crippen LogP contribution in [-0.2, 0) is 5.41 Å². The molecule has 0 aliphatic heterocycles. The Morgan fingerprint density at radius 1 is 0.679 bits per heavy atom. The normalized spacial score (nSPS) is 12.1. The van der Waals surface area contributed by atoms with E-state index in [0.717, 1.165) is 23.3 Å². The van der Waals surface area contributed by atoms with Crippen LogP contribution in [0.25, 0.3) is 22.3 Å². The first kappa shape index (κ1) is 20.2. The molecular weight excluding hydrogens is 340 g/mol. The van der Waals surface area contributed by atoms with E-state index in [2.05, 4.69) is 114 Å². The highest BCUT2D eigenvalue weighted by Crippen LogP contribution is 2.44. The van der Waals surface area contributed by atoms with Crippen molar-refractivity contribution in [2.24, 2.45) is 0 Å². The van der Waals surface area contributed by atoms with Gasteiger partial charge in [0.1, 0.15) is 11.4 Å². The first-order valence-electron chi connectivity index (χ1n) is 10.2. The van der Waals surface area contributed by atoms with Crippen LogP contribution in [0.2, 0.25) is 0 Å². The summed E-state index contributed by atoms with van der Waals surface area (Å²) in [5.41, 5.74) is 5.85. The van der Waals surface area contributed by atoms with Gasteiger partial charge in [-0.25, -0.2) is 0 Å². The number of hydrogen-bond donors (Lipinski definition) is 0. The topological polar surface area (TPSA) is 9.23 Å². The van der Waals surface area contributed by atoms with Gasteiger partial charge in [-0.2, -0.15) is 0 Å². The lowest BCUT2D eigenvalue weighted by atomic mass is 9.79. The molecule has 0 N–H and O–H groups in total. The Bertz CT molecular complexity index is 855. The molecule has 0 aromatic heterocycles. The minimum absolute atomic E-state index is 0.0906. The lowest BCUT2D eigenvalue weighted by Gasteiger charge is -2.30. The number of benzene rings is 3. The molecule has 0 aliphatic rings. The highest BCUT2D eigenvalue weighted by atomic mass is 16.5. The zero-order valence-corrected chi connectivity index (χ0v) is 18.0. The van der Waals surface area contributed by atoms with E-state index < -0.39 is 0 Å². The Hall–Kier alpha value is -2.54. The van der Waals surface area contributed by atoms with Gasteiger partial charge in [0.15, 0.2) is 0 Å². The fourth-order valence-corrected chi connectivity index (χ4v) is 3.30. The third-order valence-electron chi connectivity index (χ3n) is 5.33. The van der Waals surface area contributed by atoms with Crippen molar-refractivity contribution in [3.05, 3.63) is 78.4 Å². The van der Waals surface area contributed by atoms with Crippen molar-refractivity contribution >= 4 is 0 Å². The molecule has 0 saturated heterocycles. The molecule has 28 heavy (non-hydrogen) atoms. The van der Waals surface area contributed by atoms with Crippen LogP contribution in [0.4, 0.5) is 0 Å². The molecule has 0 aliphatic carbocycles. The van der Waals surface area contributed by atoms with E-state index in [9.17, 15) is 0 Å². The largest absolute Gasteiger partial charge is 0.487 e. The number of hydrogen-bond acceptors (Lipinski definition) is 1. The number of rotatable bonds is 5. The molecule has 0 spiro atoms. The molecule has 0 radical (unpaired) electrons. The van der Waals surface area contributed by atoms with Crippen molar-refractivity contribution < 1.29 is 4.74 Å². The molecule has 3 rings (SSSR count). The third-order valence-corrected chi connectivity index (χ3v) is 5.33. The van der Waals surface area contributed by atoms with E-state index in [1.165, 1.54) is 16.7 Å². The van der Waals surface area contributed by atoms with Gasteiger partial charge in [0, 0.05) is 11.1 Å². The molecular formula is C27H32O. The van der Waals surface area contributed by atoms with Gasteiger partial charge in [0.25, 0.3) is 0 Å². The van der Waals surface area contributed by atoms with E-state index in [-0.39, 0.29) is 11.0 Å². The summed E-state index contributed by atoms with van der Waals surface area (Å²) in [7, 11) is 0. The second-order valence-electron chi connectivity index (χ2n) is 9.08. The highest BCUT2D eigenvalue weighted by Gasteiger charge is 2.25. The van der Waals surface area contributed by atoms with Gasteiger partial charge >= 0.3 is 0 Å². The maximum atomic E-state index is 6.57. The van der Waals surface area contributed by atoms with Crippen molar-refractivity contribution in [3.63, 3.8) is 0 Å². The van der Waals surface area contributed by atoms with Crippen molar-refractivity contribution in [1.82, 2.24) is 0 Å². The first-order valence-corrected chi connectivity index (χ1v) is 10.2. The zero-order chi connectivity index (χ0) is 20.4. The van der Waals surface area contributed by atoms with Gasteiger partial charge in [0.2, 0.25) is 0 Å². The molecule has 0 saturated carbocycles. The summed E-state index contributed by atoms with van der Waals surface area (Å²) in [4.78, 5) is 0. The Morgan fingerprint density at radius 3 is 1.46 bits per heavy atom. The zero-order valence-electron chi connectivity index (χ0n) is 18.0. The molecule has 0 atom stereocenters. The van der Waals surface area contributed by atoms with Crippen LogP contribution in [0.5, 0.6) is 5.75 Å². The van der Waals surface area contributed by atoms with Crippen molar-refractivity contribution in [2.75, 3.05) is 0 Å². The predicted molar refractivity (Wildman–Crippen MR) is 121 cm³/mol. The molecule has 0 amide bonds. The van der Waals surface area contributed by atoms with Crippen LogP contribution >= 0.6 is 0 Å². The predicted octanol–water partition coefficient (Wildman–Crippen LogP) is 7.89. The smallest absolute Gasteiger partial charge is 0.135 e. The maximum Gasteiger partial charge on any atom is 0.135 e. The minimum Gasteiger partial charge on any atom is -0.487 e. The lowest BCUT2D eigenvalue weighted by Crippen LogP contribution is -2.24. The molecule has 146 valence electrons. The summed E-state index contributed by atoms with van der Waals surface area (Å²) in [6.45, 7) is 13.2. The Morgan fingerprint density at radius 2 is 1.11 bits per heavy atom. The van der Waals surface area contributed by atoms with Gasteiger partial charge in [-0.15, -0.1) is 0 Å². The molecule has 3 aromatic carbocycles. The third kappa shape index (κ3) is 4.47. The molecule has 1 heteroatoms. The van der Waals surface area contributed by atoms with E-state index in [0.29, 0.717) is 0 Å². The van der Waals surface area contributed by atoms with Gasteiger partial charge in [0.05, 0.1) is 0 Å². The van der Waals surface area contributed by atoms with Crippen LogP contribution in [0.1, 0.15) is 53.5 Å². The Kier molecular flexibility index (Phi) is 5.65. The fraction of sp³-hybridized carbons (Fsp3) is 0.333. The average Bonchev–Trinajstić information content (AvgIpc) is 2.68. The summed E-state index contributed by atoms with van der Waals surface area (Å²) in [5.74, 6) is 0.959. The quantitative estimate of drug-likeness (QED) is 0.442. The fourth-order valence-electron chi connectivity index (χ4n) is 3.30. The monoisotopic (exact) mass is 372 g/mol. The van der Waals surface area contributed by atoms with Crippen molar-refractivity contribution in [1.29, 1.82) is 0 Å². The number of ether oxygens (including phenoxy) is 1. The van der Waals surface area contributed by atoms with Crippen LogP contribution in [-0.4, -0.2) is 5.60 Å². The van der Waals surface area contributed by atoms with Gasteiger partial charge in [-0.3, -0.25) is 0 Å². The van der Waals surface area contributed by atoms with Gasteiger partial charge in [-0.05, 0) is 61.4 Å². The molecule has 3 aromatic rings. The standard InChI is InChI=1S/C27H32O/c1-7-27(5,6)22-18-23(20-14-10-8-11-15-20)25(28-26(2,3)4)24(19-22)21-16-12-9-13-17-21/h8-19H,7H2,1-6H3. The summed E-state index contributed by atoms with van der Waals surface area (Å²) >= 11 is 0. The SMILES string of the molecule is CCC(C)(C)c1cc(-c2ccccc2)c(OC(C)(C)C)c(-c2ccccc2)c1. The molecule has 0 heterocycles. The summed E-state index contributed by atoms with van der Waals surface area (Å²) in [5, 5.41) is 0. The van der Waals surface area contributed by atoms with E-state index >= 15 is 0 Å². The molecule has 0 unspecified atom stereocenters. The minimum atomic E-state index is -0.283. The van der Waals surface area contributed by atoms with Crippen molar-refractivity contribution in [2.45, 2.75) is 59.0 Å². The molecule has 0 bridgehead atoms. The van der Waals surface area contributed by atoms with E-state index in [1.807, 2.05) is 0 Å². The van der Waals surface area contributed by atoms with E-state index in [4.69, 9.17) is 4.74 Å². The van der Waals surface area contributed by atoms with Crippen LogP contribution < -0.4 is 4.74 Å². The Balaban J connectivity index is 2.36. The summed E-state index contributed by atoms with van der Waals surface area (Å²) in [6.07, 6.45) is 1.08. The van der Waals surface area contributed by atoms with Crippen LogP contribution in [0, 0.1) is 0 Å². The maximum absolute atomic E-state index is 6.57. The van der Waals surface area contributed by atoms with Crippen LogP contribution in [0.15, 0.2) is 72.8 Å².